The summed E-state index contributed by atoms with van der Waals surface area (Å²) in [5, 5.41) is 4.91. The first kappa shape index (κ1) is 14.1. The average Bonchev–Trinajstić information content (AvgIpc) is 2.80. The minimum Gasteiger partial charge on any atom is -0.273 e. The van der Waals surface area contributed by atoms with Crippen LogP contribution in [0.15, 0.2) is 30.5 Å². The van der Waals surface area contributed by atoms with Gasteiger partial charge in [0.25, 0.3) is 0 Å². The molecule has 3 N–H and O–H groups in total. The maximum atomic E-state index is 6.06. The Balaban J connectivity index is 2.12. The second kappa shape index (κ2) is 6.19. The number of aromatic nitrogens is 2. The first-order valence-electron chi connectivity index (χ1n) is 6.31. The third kappa shape index (κ3) is 3.35. The summed E-state index contributed by atoms with van der Waals surface area (Å²) in [5.41, 5.74) is 6.42. The zero-order valence-electron chi connectivity index (χ0n) is 11.2. The van der Waals surface area contributed by atoms with E-state index in [2.05, 4.69) is 17.4 Å². The van der Waals surface area contributed by atoms with Crippen molar-refractivity contribution in [1.82, 2.24) is 15.2 Å². The predicted octanol–water partition coefficient (Wildman–Crippen LogP) is 2.52. The lowest BCUT2D eigenvalue weighted by Crippen LogP contribution is -2.29. The number of nitrogens with two attached hydrogens (primary N) is 1. The molecule has 0 aliphatic heterocycles. The van der Waals surface area contributed by atoms with Crippen LogP contribution < -0.4 is 11.3 Å². The predicted molar refractivity (Wildman–Crippen MR) is 77.8 cm³/mol. The van der Waals surface area contributed by atoms with Crippen molar-refractivity contribution in [3.8, 4) is 0 Å². The van der Waals surface area contributed by atoms with E-state index in [4.69, 9.17) is 17.4 Å². The van der Waals surface area contributed by atoms with Gasteiger partial charge in [-0.15, -0.1) is 0 Å². The number of hydrogen-bond donors (Lipinski definition) is 2. The van der Waals surface area contributed by atoms with Crippen molar-refractivity contribution < 1.29 is 0 Å². The van der Waals surface area contributed by atoms with Crippen molar-refractivity contribution in [1.29, 1.82) is 0 Å². The Morgan fingerprint density at radius 1 is 1.42 bits per heavy atom. The fourth-order valence-electron chi connectivity index (χ4n) is 2.25. The van der Waals surface area contributed by atoms with E-state index in [1.54, 1.807) is 0 Å². The number of benzene rings is 1. The monoisotopic (exact) mass is 278 g/mol. The van der Waals surface area contributed by atoms with Gasteiger partial charge in [-0.2, -0.15) is 5.10 Å². The van der Waals surface area contributed by atoms with Crippen LogP contribution in [0.4, 0.5) is 0 Å². The number of nitrogens with one attached hydrogen (secondary N) is 1. The van der Waals surface area contributed by atoms with E-state index in [9.17, 15) is 0 Å². The van der Waals surface area contributed by atoms with Crippen LogP contribution in [0.3, 0.4) is 0 Å². The van der Waals surface area contributed by atoms with E-state index in [-0.39, 0.29) is 6.04 Å². The molecule has 1 aromatic heterocycles. The van der Waals surface area contributed by atoms with Crippen molar-refractivity contribution in [2.75, 3.05) is 0 Å². The molecule has 0 bridgehead atoms. The van der Waals surface area contributed by atoms with E-state index < -0.39 is 0 Å². The lowest BCUT2D eigenvalue weighted by atomic mass is 9.97. The molecule has 2 aromatic rings. The summed E-state index contributed by atoms with van der Waals surface area (Å²) in [7, 11) is 1.95. The van der Waals surface area contributed by atoms with Gasteiger partial charge in [-0.05, 0) is 49.1 Å². The zero-order chi connectivity index (χ0) is 13.8. The lowest BCUT2D eigenvalue weighted by Gasteiger charge is -2.19. The van der Waals surface area contributed by atoms with E-state index >= 15 is 0 Å². The van der Waals surface area contributed by atoms with Gasteiger partial charge in [-0.1, -0.05) is 17.7 Å². The molecule has 19 heavy (non-hydrogen) atoms. The Hall–Kier alpha value is -1.36. The van der Waals surface area contributed by atoms with Crippen LogP contribution in [0, 0.1) is 6.92 Å². The molecule has 0 fully saturated rings. The third-order valence-corrected chi connectivity index (χ3v) is 3.66. The van der Waals surface area contributed by atoms with Gasteiger partial charge in [0.05, 0.1) is 0 Å². The molecule has 0 radical (unpaired) electrons. The SMILES string of the molecule is Cc1ccc(Cl)cc1C(CCc1ccnn1C)NN. The van der Waals surface area contributed by atoms with Crippen LogP contribution in [-0.4, -0.2) is 9.78 Å². The summed E-state index contributed by atoms with van der Waals surface area (Å²) in [4.78, 5) is 0. The molecule has 0 aliphatic carbocycles. The number of hydrazine groups is 1. The second-order valence-electron chi connectivity index (χ2n) is 4.70. The van der Waals surface area contributed by atoms with Gasteiger partial charge < -0.3 is 0 Å². The van der Waals surface area contributed by atoms with E-state index in [0.29, 0.717) is 0 Å². The highest BCUT2D eigenvalue weighted by atomic mass is 35.5. The summed E-state index contributed by atoms with van der Waals surface area (Å²) in [6.07, 6.45) is 3.62. The molecule has 0 saturated carbocycles. The standard InChI is InChI=1S/C14H19ClN4/c1-10-3-4-11(15)9-13(10)14(18-16)6-5-12-7-8-17-19(12)2/h3-4,7-9,14,18H,5-6,16H2,1-2H3. The van der Waals surface area contributed by atoms with Crippen LogP contribution >= 0.6 is 11.6 Å². The molecule has 1 atom stereocenters. The molecule has 102 valence electrons. The fraction of sp³-hybridized carbons (Fsp3) is 0.357. The molecule has 1 aromatic carbocycles. The summed E-state index contributed by atoms with van der Waals surface area (Å²) in [6, 6.07) is 8.01. The summed E-state index contributed by atoms with van der Waals surface area (Å²) in [5.74, 6) is 5.69. The number of halogens is 1. The largest absolute Gasteiger partial charge is 0.273 e. The first-order chi connectivity index (χ1) is 9.11. The van der Waals surface area contributed by atoms with Crippen LogP contribution in [0.25, 0.3) is 0 Å². The highest BCUT2D eigenvalue weighted by molar-refractivity contribution is 6.30. The number of aryl methyl sites for hydroxylation is 3. The quantitative estimate of drug-likeness (QED) is 0.653. The normalized spacial score (nSPS) is 12.6. The van der Waals surface area contributed by atoms with Gasteiger partial charge in [-0.25, -0.2) is 0 Å². The molecule has 0 aliphatic rings. The molecule has 2 rings (SSSR count). The topological polar surface area (TPSA) is 55.9 Å². The maximum absolute atomic E-state index is 6.06. The van der Waals surface area contributed by atoms with Crippen LogP contribution in [0.5, 0.6) is 0 Å². The van der Waals surface area contributed by atoms with E-state index in [1.807, 2.05) is 42.2 Å². The van der Waals surface area contributed by atoms with Crippen molar-refractivity contribution in [2.24, 2.45) is 12.9 Å². The van der Waals surface area contributed by atoms with Gasteiger partial charge in [0.2, 0.25) is 0 Å². The maximum Gasteiger partial charge on any atom is 0.0492 e. The van der Waals surface area contributed by atoms with Crippen molar-refractivity contribution >= 4 is 11.6 Å². The van der Waals surface area contributed by atoms with Crippen LogP contribution in [0.1, 0.15) is 29.3 Å². The Kier molecular flexibility index (Phi) is 4.58. The Morgan fingerprint density at radius 3 is 2.84 bits per heavy atom. The molecular formula is C14H19ClN4. The van der Waals surface area contributed by atoms with Gasteiger partial charge in [0.15, 0.2) is 0 Å². The molecule has 0 amide bonds. The van der Waals surface area contributed by atoms with Gasteiger partial charge in [-0.3, -0.25) is 16.0 Å². The highest BCUT2D eigenvalue weighted by Gasteiger charge is 2.13. The summed E-state index contributed by atoms with van der Waals surface area (Å²) >= 11 is 6.06. The summed E-state index contributed by atoms with van der Waals surface area (Å²) in [6.45, 7) is 2.07. The molecular weight excluding hydrogens is 260 g/mol. The molecule has 0 saturated heterocycles. The zero-order valence-corrected chi connectivity index (χ0v) is 12.0. The van der Waals surface area contributed by atoms with Crippen LogP contribution in [-0.2, 0) is 13.5 Å². The number of nitrogens with zero attached hydrogens (tertiary/aromatic N) is 2. The molecule has 1 unspecified atom stereocenters. The van der Waals surface area contributed by atoms with Gasteiger partial charge >= 0.3 is 0 Å². The van der Waals surface area contributed by atoms with Crippen molar-refractivity contribution in [3.63, 3.8) is 0 Å². The van der Waals surface area contributed by atoms with E-state index in [1.165, 1.54) is 11.3 Å². The average molecular weight is 279 g/mol. The highest BCUT2D eigenvalue weighted by Crippen LogP contribution is 2.24. The van der Waals surface area contributed by atoms with E-state index in [0.717, 1.165) is 23.4 Å². The molecule has 5 heteroatoms. The lowest BCUT2D eigenvalue weighted by molar-refractivity contribution is 0.505. The minimum absolute atomic E-state index is 0.0913. The third-order valence-electron chi connectivity index (χ3n) is 3.43. The van der Waals surface area contributed by atoms with Gasteiger partial charge in [0.1, 0.15) is 0 Å². The molecule has 1 heterocycles. The summed E-state index contributed by atoms with van der Waals surface area (Å²) < 4.78 is 1.89. The Bertz CT molecular complexity index is 550. The van der Waals surface area contributed by atoms with Gasteiger partial charge in [0, 0.05) is 30.0 Å². The minimum atomic E-state index is 0.0913. The number of rotatable bonds is 5. The second-order valence-corrected chi connectivity index (χ2v) is 5.14. The Labute approximate surface area is 118 Å². The molecule has 4 nitrogen and oxygen atoms in total. The number of hydrogen-bond acceptors (Lipinski definition) is 3. The van der Waals surface area contributed by atoms with Crippen LogP contribution in [0.2, 0.25) is 5.02 Å². The first-order valence-corrected chi connectivity index (χ1v) is 6.68. The fourth-order valence-corrected chi connectivity index (χ4v) is 2.43. The van der Waals surface area contributed by atoms with Crippen molar-refractivity contribution in [3.05, 3.63) is 52.3 Å². The molecule has 0 spiro atoms. The smallest absolute Gasteiger partial charge is 0.0492 e. The van der Waals surface area contributed by atoms with Crippen molar-refractivity contribution in [2.45, 2.75) is 25.8 Å². The Morgan fingerprint density at radius 2 is 2.21 bits per heavy atom.